The fraction of sp³-hybridized carbons (Fsp3) is 0. The molecule has 25 valence electrons. The van der Waals surface area contributed by atoms with E-state index >= 15 is 0 Å². The Bertz CT molecular complexity index is 6.00. The third kappa shape index (κ3) is 11.5. The van der Waals surface area contributed by atoms with Crippen LogP contribution in [-0.4, -0.2) is 0 Å². The van der Waals surface area contributed by atoms with Crippen LogP contribution in [0.2, 0.25) is 0 Å². The van der Waals surface area contributed by atoms with Crippen molar-refractivity contribution in [2.75, 3.05) is 0 Å². The molecule has 0 fully saturated rings. The molecule has 0 N–H and O–H groups in total. The van der Waals surface area contributed by atoms with Gasteiger partial charge in [-0.2, -0.15) is 0 Å². The fourth-order valence-electron chi connectivity index (χ4n) is 0. The molecule has 0 aromatic carbocycles. The average molecular weight is 152 g/mol. The van der Waals surface area contributed by atoms with Gasteiger partial charge in [-0.3, -0.25) is 0 Å². The summed E-state index contributed by atoms with van der Waals surface area (Å²) in [5.74, 6) is 0. The quantitative estimate of drug-likeness (QED) is 0.430. The molecule has 0 heterocycles. The summed E-state index contributed by atoms with van der Waals surface area (Å²) in [4.78, 5) is 0. The molecule has 1 radical (unpaired) electrons. The van der Waals surface area contributed by atoms with E-state index in [4.69, 9.17) is 0 Å². The van der Waals surface area contributed by atoms with E-state index in [1.807, 2.05) is 0 Å². The fourth-order valence-corrected chi connectivity index (χ4v) is 0. The molecule has 0 spiro atoms. The second kappa shape index (κ2) is 33.7. The van der Waals surface area contributed by atoms with E-state index in [2.05, 4.69) is 0 Å². The minimum absolute atomic E-state index is 0. The van der Waals surface area contributed by atoms with Crippen LogP contribution in [0.4, 0.5) is 0 Å². The zero-order valence-corrected chi connectivity index (χ0v) is 6.05. The van der Waals surface area contributed by atoms with E-state index in [0.717, 1.165) is 0 Å². The van der Waals surface area contributed by atoms with Crippen molar-refractivity contribution < 1.29 is 47.5 Å². The largest absolute Gasteiger partial charge is 2.00 e. The summed E-state index contributed by atoms with van der Waals surface area (Å²) < 4.78 is 0. The van der Waals surface area contributed by atoms with Crippen molar-refractivity contribution in [2.45, 2.75) is 0 Å². The van der Waals surface area contributed by atoms with Crippen LogP contribution in [0, 0.1) is 0 Å². The predicted octanol–water partition coefficient (Wildman–Crippen LogP) is -0.243. The van der Waals surface area contributed by atoms with Gasteiger partial charge < -0.3 is 11.0 Å². The third-order valence-electron chi connectivity index (χ3n) is 0. The molecule has 0 aliphatic rings. The number of rotatable bonds is 0. The van der Waals surface area contributed by atoms with Crippen LogP contribution in [0.1, 0.15) is 0 Å². The topological polar surface area (TPSA) is 57.0 Å². The van der Waals surface area contributed by atoms with Crippen LogP contribution in [-0.2, 0) is 47.5 Å². The summed E-state index contributed by atoms with van der Waals surface area (Å²) in [7, 11) is 0. The summed E-state index contributed by atoms with van der Waals surface area (Å²) in [6.45, 7) is 0. The van der Waals surface area contributed by atoms with Gasteiger partial charge >= 0.3 is 0 Å². The standard InChI is InChI=1S/Mn.2O.Zn/q;2*-2;. The Kier molecular flexibility index (Phi) is 624. The maximum Gasteiger partial charge on any atom is 0 e. The second-order valence-corrected chi connectivity index (χ2v) is 0. The van der Waals surface area contributed by atoms with Crippen molar-refractivity contribution in [3.05, 3.63) is 0 Å². The molecular weight excluding hydrogens is 152 g/mol. The van der Waals surface area contributed by atoms with E-state index in [-0.39, 0.29) is 47.5 Å². The van der Waals surface area contributed by atoms with Gasteiger partial charge in [-0.1, -0.05) is 0 Å². The Balaban J connectivity index is 0. The Morgan fingerprint density at radius 2 is 0.750 bits per heavy atom. The molecule has 0 atom stereocenters. The molecule has 2 nitrogen and oxygen atoms in total. The van der Waals surface area contributed by atoms with E-state index in [9.17, 15) is 0 Å². The maximum atomic E-state index is 0. The van der Waals surface area contributed by atoms with Gasteiger partial charge in [0.05, 0.1) is 0 Å². The first kappa shape index (κ1) is 74.0. The van der Waals surface area contributed by atoms with Gasteiger partial charge in [0.1, 0.15) is 0 Å². The first-order chi connectivity index (χ1) is 0. The molecule has 0 aromatic heterocycles. The molecule has 0 bridgehead atoms. The Labute approximate surface area is 47.8 Å². The predicted molar refractivity (Wildman–Crippen MR) is 1.37 cm³/mol. The first-order valence-electron chi connectivity index (χ1n) is 0. The van der Waals surface area contributed by atoms with Gasteiger partial charge in [0.2, 0.25) is 0 Å². The SMILES string of the molecule is [Mn].[O-2].[O-2].[Zn]. The van der Waals surface area contributed by atoms with Gasteiger partial charge in [-0.15, -0.1) is 0 Å². The van der Waals surface area contributed by atoms with Crippen molar-refractivity contribution in [2.24, 2.45) is 0 Å². The van der Waals surface area contributed by atoms with Gasteiger partial charge in [0.25, 0.3) is 0 Å². The van der Waals surface area contributed by atoms with Crippen LogP contribution >= 0.6 is 0 Å². The monoisotopic (exact) mass is 151 g/mol. The molecule has 0 aromatic rings. The first-order valence-corrected chi connectivity index (χ1v) is 0. The summed E-state index contributed by atoms with van der Waals surface area (Å²) in [5, 5.41) is 0. The smallest absolute Gasteiger partial charge is 0 e. The van der Waals surface area contributed by atoms with Gasteiger partial charge in [-0.05, 0) is 0 Å². The Hall–Kier alpha value is 1.06. The summed E-state index contributed by atoms with van der Waals surface area (Å²) in [6.07, 6.45) is 0. The van der Waals surface area contributed by atoms with Crippen LogP contribution < -0.4 is 0 Å². The zero-order valence-electron chi connectivity index (χ0n) is 1.90. The van der Waals surface area contributed by atoms with Crippen LogP contribution in [0.15, 0.2) is 0 Å². The zero-order chi connectivity index (χ0) is 0. The Morgan fingerprint density at radius 3 is 0.750 bits per heavy atom. The summed E-state index contributed by atoms with van der Waals surface area (Å²) in [6, 6.07) is 0. The van der Waals surface area contributed by atoms with Gasteiger partial charge in [0, 0.05) is 36.5 Å². The number of hydrogen-bond donors (Lipinski definition) is 0. The molecule has 0 unspecified atom stereocenters. The molecular formula is MnO2Zn-4. The van der Waals surface area contributed by atoms with Crippen LogP contribution in [0.25, 0.3) is 0 Å². The van der Waals surface area contributed by atoms with Crippen molar-refractivity contribution in [1.29, 1.82) is 0 Å². The molecule has 0 aliphatic heterocycles. The van der Waals surface area contributed by atoms with E-state index in [0.29, 0.717) is 0 Å². The van der Waals surface area contributed by atoms with Gasteiger partial charge in [0.15, 0.2) is 0 Å². The molecule has 4 heteroatoms. The summed E-state index contributed by atoms with van der Waals surface area (Å²) in [5.41, 5.74) is 0. The normalized spacial score (nSPS) is 0. The van der Waals surface area contributed by atoms with Crippen molar-refractivity contribution >= 4 is 0 Å². The van der Waals surface area contributed by atoms with E-state index < -0.39 is 0 Å². The Morgan fingerprint density at radius 1 is 0.750 bits per heavy atom. The third-order valence-corrected chi connectivity index (χ3v) is 0. The minimum atomic E-state index is 0. The molecule has 0 saturated carbocycles. The summed E-state index contributed by atoms with van der Waals surface area (Å²) >= 11 is 0. The average Bonchev–Trinajstić information content (AvgIpc) is 0. The van der Waals surface area contributed by atoms with Crippen molar-refractivity contribution in [3.8, 4) is 0 Å². The maximum absolute atomic E-state index is 0. The van der Waals surface area contributed by atoms with Crippen LogP contribution in [0.3, 0.4) is 0 Å². The molecule has 4 heavy (non-hydrogen) atoms. The van der Waals surface area contributed by atoms with Crippen molar-refractivity contribution in [3.63, 3.8) is 0 Å². The van der Waals surface area contributed by atoms with Gasteiger partial charge in [-0.25, -0.2) is 0 Å². The number of hydrogen-bond acceptors (Lipinski definition) is 0. The second-order valence-electron chi connectivity index (χ2n) is 0. The molecule has 0 aliphatic carbocycles. The van der Waals surface area contributed by atoms with E-state index in [1.54, 1.807) is 0 Å². The van der Waals surface area contributed by atoms with Crippen molar-refractivity contribution in [1.82, 2.24) is 0 Å². The molecule has 0 amide bonds. The van der Waals surface area contributed by atoms with Crippen LogP contribution in [0.5, 0.6) is 0 Å². The van der Waals surface area contributed by atoms with E-state index in [1.165, 1.54) is 0 Å². The molecule has 0 rings (SSSR count). The minimum Gasteiger partial charge on any atom is -2.00 e. The molecule has 0 saturated heterocycles.